The smallest absolute Gasteiger partial charge is 0.189 e. The Bertz CT molecular complexity index is 407. The van der Waals surface area contributed by atoms with Crippen LogP contribution in [0.3, 0.4) is 0 Å². The van der Waals surface area contributed by atoms with E-state index in [4.69, 9.17) is 0 Å². The monoisotopic (exact) mass is 225 g/mol. The third kappa shape index (κ3) is 2.31. The molecule has 1 aromatic heterocycles. The summed E-state index contributed by atoms with van der Waals surface area (Å²) in [5.41, 5.74) is 2.79. The summed E-state index contributed by atoms with van der Waals surface area (Å²) in [5.74, 6) is 0.498. The van der Waals surface area contributed by atoms with Crippen LogP contribution in [0.1, 0.15) is 39.0 Å². The Balaban J connectivity index is 3.17. The van der Waals surface area contributed by atoms with E-state index < -0.39 is 0 Å². The summed E-state index contributed by atoms with van der Waals surface area (Å²) in [7, 11) is 0. The number of aromatic amines is 1. The van der Waals surface area contributed by atoms with Gasteiger partial charge in [-0.3, -0.25) is 9.59 Å². The first-order valence-corrected chi connectivity index (χ1v) is 6.10. The highest BCUT2D eigenvalue weighted by atomic mass is 32.2. The largest absolute Gasteiger partial charge is 0.355 e. The summed E-state index contributed by atoms with van der Waals surface area (Å²) >= 11 is 1.48. The molecule has 1 rings (SSSR count). The van der Waals surface area contributed by atoms with Gasteiger partial charge in [0.15, 0.2) is 11.6 Å². The lowest BCUT2D eigenvalue weighted by Crippen LogP contribution is -2.05. The highest BCUT2D eigenvalue weighted by Crippen LogP contribution is 2.19. The zero-order valence-electron chi connectivity index (χ0n) is 9.43. The van der Waals surface area contributed by atoms with Gasteiger partial charge < -0.3 is 4.98 Å². The molecule has 82 valence electrons. The Labute approximate surface area is 93.6 Å². The van der Waals surface area contributed by atoms with Crippen molar-refractivity contribution >= 4 is 23.3 Å². The van der Waals surface area contributed by atoms with E-state index in [1.165, 1.54) is 18.7 Å². The van der Waals surface area contributed by atoms with Crippen molar-refractivity contribution in [2.75, 3.05) is 12.0 Å². The second-order valence-electron chi connectivity index (χ2n) is 3.54. The van der Waals surface area contributed by atoms with Crippen LogP contribution in [0.4, 0.5) is 0 Å². The van der Waals surface area contributed by atoms with Gasteiger partial charge in [-0.15, -0.1) is 0 Å². The van der Waals surface area contributed by atoms with Crippen molar-refractivity contribution in [3.05, 3.63) is 22.5 Å². The molecule has 0 atom stereocenters. The van der Waals surface area contributed by atoms with Crippen molar-refractivity contribution in [2.45, 2.75) is 20.8 Å². The van der Waals surface area contributed by atoms with Crippen LogP contribution in [0.5, 0.6) is 0 Å². The number of carbonyl (C=O) groups excluding carboxylic acids is 2. The fraction of sp³-hybridized carbons (Fsp3) is 0.455. The van der Waals surface area contributed by atoms with Crippen LogP contribution in [0.2, 0.25) is 0 Å². The number of ketones is 2. The van der Waals surface area contributed by atoms with Crippen molar-refractivity contribution in [2.24, 2.45) is 0 Å². The summed E-state index contributed by atoms with van der Waals surface area (Å²) in [6.07, 6.45) is 1.88. The highest BCUT2D eigenvalue weighted by molar-refractivity contribution is 7.99. The van der Waals surface area contributed by atoms with Gasteiger partial charge in [-0.2, -0.15) is 11.8 Å². The first kappa shape index (κ1) is 12.0. The molecule has 15 heavy (non-hydrogen) atoms. The fourth-order valence-corrected chi connectivity index (χ4v) is 2.17. The number of H-pyrrole nitrogens is 1. The average Bonchev–Trinajstić information content (AvgIpc) is 2.42. The number of Topliss-reactive ketones (excluding diaryl/α,β-unsaturated/α-hetero) is 2. The van der Waals surface area contributed by atoms with E-state index >= 15 is 0 Å². The summed E-state index contributed by atoms with van der Waals surface area (Å²) in [6.45, 7) is 5.15. The molecule has 0 saturated heterocycles. The van der Waals surface area contributed by atoms with Gasteiger partial charge >= 0.3 is 0 Å². The van der Waals surface area contributed by atoms with Crippen molar-refractivity contribution < 1.29 is 9.59 Å². The van der Waals surface area contributed by atoms with Gasteiger partial charge in [0, 0.05) is 11.3 Å². The maximum atomic E-state index is 11.7. The Hall–Kier alpha value is -1.03. The second-order valence-corrected chi connectivity index (χ2v) is 4.40. The number of nitrogens with one attached hydrogen (secondary N) is 1. The molecule has 0 unspecified atom stereocenters. The summed E-state index contributed by atoms with van der Waals surface area (Å²) in [6, 6.07) is 0. The van der Waals surface area contributed by atoms with Crippen molar-refractivity contribution in [1.29, 1.82) is 0 Å². The summed E-state index contributed by atoms with van der Waals surface area (Å²) in [5, 5.41) is 0. The summed E-state index contributed by atoms with van der Waals surface area (Å²) < 4.78 is 0. The quantitative estimate of drug-likeness (QED) is 0.800. The maximum Gasteiger partial charge on any atom is 0.189 e. The van der Waals surface area contributed by atoms with Crippen molar-refractivity contribution in [1.82, 2.24) is 4.98 Å². The van der Waals surface area contributed by atoms with E-state index in [9.17, 15) is 9.59 Å². The lowest BCUT2D eigenvalue weighted by molar-refractivity contribution is 0.101. The number of carbonyl (C=O) groups is 2. The van der Waals surface area contributed by atoms with Gasteiger partial charge in [0.05, 0.1) is 11.4 Å². The molecule has 0 bridgehead atoms. The minimum atomic E-state index is 0.00412. The third-order valence-corrected chi connectivity index (χ3v) is 2.89. The minimum absolute atomic E-state index is 0.00412. The average molecular weight is 225 g/mol. The molecule has 0 aliphatic heterocycles. The van der Waals surface area contributed by atoms with Gasteiger partial charge in [-0.25, -0.2) is 0 Å². The fourth-order valence-electron chi connectivity index (χ4n) is 1.76. The van der Waals surface area contributed by atoms with Crippen LogP contribution < -0.4 is 0 Å². The molecule has 0 aromatic carbocycles. The molecule has 1 heterocycles. The van der Waals surface area contributed by atoms with E-state index in [2.05, 4.69) is 4.98 Å². The molecular formula is C11H15NO2S. The number of thioether (sulfide) groups is 1. The number of aryl methyl sites for hydroxylation is 1. The topological polar surface area (TPSA) is 49.9 Å². The molecular weight excluding hydrogens is 210 g/mol. The number of rotatable bonds is 4. The molecule has 0 saturated carbocycles. The molecule has 0 aliphatic carbocycles. The Morgan fingerprint density at radius 1 is 1.33 bits per heavy atom. The normalized spacial score (nSPS) is 10.4. The molecule has 0 amide bonds. The van der Waals surface area contributed by atoms with Crippen LogP contribution in [-0.4, -0.2) is 28.6 Å². The predicted octanol–water partition coefficient (Wildman–Crippen LogP) is 2.38. The molecule has 0 spiro atoms. The molecule has 0 radical (unpaired) electrons. The zero-order chi connectivity index (χ0) is 11.6. The predicted molar refractivity (Wildman–Crippen MR) is 63.0 cm³/mol. The van der Waals surface area contributed by atoms with E-state index in [-0.39, 0.29) is 11.6 Å². The number of hydrogen-bond donors (Lipinski definition) is 1. The number of hydrogen-bond acceptors (Lipinski definition) is 3. The summed E-state index contributed by atoms with van der Waals surface area (Å²) in [4.78, 5) is 26.0. The highest BCUT2D eigenvalue weighted by Gasteiger charge is 2.18. The Morgan fingerprint density at radius 2 is 1.93 bits per heavy atom. The molecule has 3 nitrogen and oxygen atoms in total. The Kier molecular flexibility index (Phi) is 3.74. The van der Waals surface area contributed by atoms with Gasteiger partial charge in [0.2, 0.25) is 0 Å². The Morgan fingerprint density at radius 3 is 2.33 bits per heavy atom. The SMILES string of the molecule is CSCC(=O)c1[nH]c(C)c(C(C)=O)c1C. The minimum Gasteiger partial charge on any atom is -0.355 e. The van der Waals surface area contributed by atoms with Gasteiger partial charge in [0.25, 0.3) is 0 Å². The standard InChI is InChI=1S/C11H15NO2S/c1-6-10(8(3)13)7(2)12-11(6)9(14)5-15-4/h12H,5H2,1-4H3. The lowest BCUT2D eigenvalue weighted by atomic mass is 10.1. The van der Waals surface area contributed by atoms with Crippen LogP contribution in [0.15, 0.2) is 0 Å². The second kappa shape index (κ2) is 4.66. The molecule has 0 fully saturated rings. The molecule has 0 aliphatic rings. The van der Waals surface area contributed by atoms with Crippen LogP contribution in [0, 0.1) is 13.8 Å². The number of aromatic nitrogens is 1. The van der Waals surface area contributed by atoms with E-state index in [0.717, 1.165) is 11.3 Å². The van der Waals surface area contributed by atoms with Crippen molar-refractivity contribution in [3.8, 4) is 0 Å². The molecule has 1 aromatic rings. The first-order chi connectivity index (χ1) is 6.99. The van der Waals surface area contributed by atoms with E-state index in [0.29, 0.717) is 17.0 Å². The molecule has 1 N–H and O–H groups in total. The maximum absolute atomic E-state index is 11.7. The van der Waals surface area contributed by atoms with Crippen LogP contribution in [-0.2, 0) is 0 Å². The van der Waals surface area contributed by atoms with Gasteiger partial charge in [-0.1, -0.05) is 0 Å². The van der Waals surface area contributed by atoms with Crippen LogP contribution >= 0.6 is 11.8 Å². The van der Waals surface area contributed by atoms with Crippen molar-refractivity contribution in [3.63, 3.8) is 0 Å². The third-order valence-electron chi connectivity index (χ3n) is 2.34. The first-order valence-electron chi connectivity index (χ1n) is 4.71. The zero-order valence-corrected chi connectivity index (χ0v) is 10.2. The van der Waals surface area contributed by atoms with Crippen LogP contribution in [0.25, 0.3) is 0 Å². The van der Waals surface area contributed by atoms with Gasteiger partial charge in [-0.05, 0) is 32.6 Å². The lowest BCUT2D eigenvalue weighted by Gasteiger charge is -1.98. The van der Waals surface area contributed by atoms with E-state index in [1.807, 2.05) is 20.1 Å². The molecule has 4 heteroatoms. The van der Waals surface area contributed by atoms with E-state index in [1.54, 1.807) is 0 Å². The van der Waals surface area contributed by atoms with Gasteiger partial charge in [0.1, 0.15) is 0 Å².